The Labute approximate surface area is 195 Å². The molecule has 2 aromatic rings. The van der Waals surface area contributed by atoms with E-state index in [1.807, 2.05) is 18.2 Å². The second kappa shape index (κ2) is 10.7. The van der Waals surface area contributed by atoms with E-state index in [1.54, 1.807) is 13.2 Å². The van der Waals surface area contributed by atoms with Crippen LogP contribution in [0.3, 0.4) is 0 Å². The highest BCUT2D eigenvalue weighted by Gasteiger charge is 2.27. The smallest absolute Gasteiger partial charge is 0.267 e. The molecule has 8 nitrogen and oxygen atoms in total. The Morgan fingerprint density at radius 2 is 2.15 bits per heavy atom. The fourth-order valence-corrected chi connectivity index (χ4v) is 4.42. The molecule has 2 amide bonds. The minimum Gasteiger partial charge on any atom is -0.496 e. The summed E-state index contributed by atoms with van der Waals surface area (Å²) in [7, 11) is 1.61. The number of hydrogen-bond acceptors (Lipinski definition) is 5. The van der Waals surface area contributed by atoms with Crippen LogP contribution in [0.25, 0.3) is 10.9 Å². The number of nitriles is 1. The Morgan fingerprint density at radius 3 is 2.82 bits per heavy atom. The average molecular weight is 454 g/mol. The number of carbonyl (C=O) groups excluding carboxylic acids is 2. The van der Waals surface area contributed by atoms with Gasteiger partial charge in [0.1, 0.15) is 11.4 Å². The van der Waals surface area contributed by atoms with E-state index in [-0.39, 0.29) is 29.2 Å². The molecule has 1 aliphatic rings. The van der Waals surface area contributed by atoms with Gasteiger partial charge < -0.3 is 20.4 Å². The second-order valence-corrected chi connectivity index (χ2v) is 10.00. The number of nitrogens with one attached hydrogen (secondary N) is 4. The monoisotopic (exact) mass is 453 g/mol. The lowest BCUT2D eigenvalue weighted by Crippen LogP contribution is -2.47. The molecule has 4 N–H and O–H groups in total. The molecule has 1 aromatic carbocycles. The number of carbonyl (C=O) groups is 2. The average Bonchev–Trinajstić information content (AvgIpc) is 3.21. The van der Waals surface area contributed by atoms with Crippen molar-refractivity contribution in [2.75, 3.05) is 20.2 Å². The maximum absolute atomic E-state index is 13.1. The first-order valence-corrected chi connectivity index (χ1v) is 11.6. The predicted molar refractivity (Wildman–Crippen MR) is 128 cm³/mol. The lowest BCUT2D eigenvalue weighted by molar-refractivity contribution is -0.126. The summed E-state index contributed by atoms with van der Waals surface area (Å²) in [4.78, 5) is 28.3. The maximum Gasteiger partial charge on any atom is 0.267 e. The molecule has 0 saturated carbocycles. The Bertz CT molecular complexity index is 1020. The van der Waals surface area contributed by atoms with Gasteiger partial charge in [0.15, 0.2) is 0 Å². The SMILES string of the molecule is COc1cccc2[nH]c(C(=O)N[C@H](CN[C@H](C#N)C[C@@H]3CCCNC3=O)CC(C)(C)C)cc12. The van der Waals surface area contributed by atoms with Crippen molar-refractivity contribution in [1.29, 1.82) is 5.26 Å². The molecule has 33 heavy (non-hydrogen) atoms. The highest BCUT2D eigenvalue weighted by Crippen LogP contribution is 2.26. The number of hydrogen-bond donors (Lipinski definition) is 4. The number of piperidine rings is 1. The first kappa shape index (κ1) is 24.6. The van der Waals surface area contributed by atoms with Gasteiger partial charge in [-0.3, -0.25) is 14.9 Å². The van der Waals surface area contributed by atoms with Crippen molar-refractivity contribution in [3.8, 4) is 11.8 Å². The van der Waals surface area contributed by atoms with Crippen molar-refractivity contribution in [2.45, 2.75) is 58.5 Å². The molecule has 1 saturated heterocycles. The number of methoxy groups -OCH3 is 1. The highest BCUT2D eigenvalue weighted by molar-refractivity contribution is 5.99. The second-order valence-electron chi connectivity index (χ2n) is 10.00. The van der Waals surface area contributed by atoms with Gasteiger partial charge in [-0.05, 0) is 49.3 Å². The molecular formula is C25H35N5O3. The fourth-order valence-electron chi connectivity index (χ4n) is 4.42. The number of benzene rings is 1. The molecule has 1 aromatic heterocycles. The van der Waals surface area contributed by atoms with Gasteiger partial charge in [0, 0.05) is 36.0 Å². The summed E-state index contributed by atoms with van der Waals surface area (Å²) in [6, 6.07) is 9.09. The van der Waals surface area contributed by atoms with Crippen LogP contribution < -0.4 is 20.7 Å². The summed E-state index contributed by atoms with van der Waals surface area (Å²) in [6.45, 7) is 7.51. The molecule has 1 fully saturated rings. The normalized spacial score (nSPS) is 18.3. The predicted octanol–water partition coefficient (Wildman–Crippen LogP) is 3.11. The molecule has 0 unspecified atom stereocenters. The fraction of sp³-hybridized carbons (Fsp3) is 0.560. The van der Waals surface area contributed by atoms with Crippen LogP contribution in [0.1, 0.15) is 56.9 Å². The maximum atomic E-state index is 13.1. The third kappa shape index (κ3) is 6.72. The van der Waals surface area contributed by atoms with Crippen LogP contribution in [-0.2, 0) is 4.79 Å². The molecule has 178 valence electrons. The van der Waals surface area contributed by atoms with Gasteiger partial charge in [0.05, 0.1) is 19.2 Å². The number of nitrogens with zero attached hydrogens (tertiary/aromatic N) is 1. The molecule has 3 rings (SSSR count). The van der Waals surface area contributed by atoms with E-state index in [2.05, 4.69) is 47.8 Å². The molecule has 2 heterocycles. The van der Waals surface area contributed by atoms with Crippen molar-refractivity contribution in [1.82, 2.24) is 20.9 Å². The number of aromatic nitrogens is 1. The Kier molecular flexibility index (Phi) is 7.98. The zero-order valence-corrected chi connectivity index (χ0v) is 20.0. The van der Waals surface area contributed by atoms with E-state index in [0.29, 0.717) is 31.0 Å². The van der Waals surface area contributed by atoms with Gasteiger partial charge in [-0.2, -0.15) is 5.26 Å². The van der Waals surface area contributed by atoms with Crippen LogP contribution >= 0.6 is 0 Å². The molecular weight excluding hydrogens is 418 g/mol. The number of H-pyrrole nitrogens is 1. The summed E-state index contributed by atoms with van der Waals surface area (Å²) >= 11 is 0. The molecule has 0 aliphatic carbocycles. The van der Waals surface area contributed by atoms with Crippen molar-refractivity contribution >= 4 is 22.7 Å². The Morgan fingerprint density at radius 1 is 1.36 bits per heavy atom. The highest BCUT2D eigenvalue weighted by atomic mass is 16.5. The third-order valence-electron chi connectivity index (χ3n) is 5.97. The summed E-state index contributed by atoms with van der Waals surface area (Å²) < 4.78 is 5.39. The summed E-state index contributed by atoms with van der Waals surface area (Å²) in [5.74, 6) is 0.383. The quantitative estimate of drug-likeness (QED) is 0.465. The standard InChI is InChI=1S/C25H35N5O3/c1-25(2,3)13-18(15-28-17(14-26)11-16-7-6-10-27-23(16)31)29-24(32)21-12-19-20(30-21)8-5-9-22(19)33-4/h5,8-9,12,16-18,28,30H,6-7,10-11,13,15H2,1-4H3,(H,27,31)(H,29,32)/t16-,17-,18-/m0/s1. The summed E-state index contributed by atoms with van der Waals surface area (Å²) in [5.41, 5.74) is 1.28. The lowest BCUT2D eigenvalue weighted by Gasteiger charge is -2.29. The summed E-state index contributed by atoms with van der Waals surface area (Å²) in [6.07, 6.45) is 2.95. The van der Waals surface area contributed by atoms with Gasteiger partial charge in [-0.15, -0.1) is 0 Å². The van der Waals surface area contributed by atoms with Crippen molar-refractivity contribution in [2.24, 2.45) is 11.3 Å². The number of amides is 2. The van der Waals surface area contributed by atoms with E-state index in [9.17, 15) is 14.9 Å². The topological polar surface area (TPSA) is 119 Å². The van der Waals surface area contributed by atoms with Crippen molar-refractivity contribution in [3.05, 3.63) is 30.0 Å². The van der Waals surface area contributed by atoms with Crippen LogP contribution in [0.4, 0.5) is 0 Å². The Hall–Kier alpha value is -3.05. The molecule has 1 aliphatic heterocycles. The number of aromatic amines is 1. The van der Waals surface area contributed by atoms with E-state index in [1.165, 1.54) is 0 Å². The van der Waals surface area contributed by atoms with Crippen molar-refractivity contribution < 1.29 is 14.3 Å². The van der Waals surface area contributed by atoms with Gasteiger partial charge >= 0.3 is 0 Å². The Balaban J connectivity index is 1.67. The van der Waals surface area contributed by atoms with Crippen LogP contribution in [0, 0.1) is 22.7 Å². The van der Waals surface area contributed by atoms with Gasteiger partial charge in [-0.1, -0.05) is 26.8 Å². The van der Waals surface area contributed by atoms with Crippen LogP contribution in [-0.4, -0.2) is 49.1 Å². The van der Waals surface area contributed by atoms with E-state index < -0.39 is 6.04 Å². The largest absolute Gasteiger partial charge is 0.496 e. The molecule has 3 atom stereocenters. The molecule has 0 bridgehead atoms. The summed E-state index contributed by atoms with van der Waals surface area (Å²) in [5, 5.41) is 19.8. The lowest BCUT2D eigenvalue weighted by atomic mass is 9.87. The first-order valence-electron chi connectivity index (χ1n) is 11.6. The molecule has 0 radical (unpaired) electrons. The van der Waals surface area contributed by atoms with E-state index in [0.717, 1.165) is 30.2 Å². The minimum absolute atomic E-state index is 0.0192. The molecule has 0 spiro atoms. The van der Waals surface area contributed by atoms with E-state index in [4.69, 9.17) is 4.74 Å². The number of rotatable bonds is 9. The number of ether oxygens (including phenoxy) is 1. The number of fused-ring (bicyclic) bond motifs is 1. The van der Waals surface area contributed by atoms with Gasteiger partial charge in [0.2, 0.25) is 5.91 Å². The van der Waals surface area contributed by atoms with Crippen molar-refractivity contribution in [3.63, 3.8) is 0 Å². The van der Waals surface area contributed by atoms with Gasteiger partial charge in [-0.25, -0.2) is 0 Å². The van der Waals surface area contributed by atoms with Crippen LogP contribution in [0.2, 0.25) is 0 Å². The van der Waals surface area contributed by atoms with Gasteiger partial charge in [0.25, 0.3) is 5.91 Å². The zero-order valence-electron chi connectivity index (χ0n) is 20.0. The van der Waals surface area contributed by atoms with Crippen LogP contribution in [0.5, 0.6) is 5.75 Å². The minimum atomic E-state index is -0.449. The van der Waals surface area contributed by atoms with Crippen LogP contribution in [0.15, 0.2) is 24.3 Å². The third-order valence-corrected chi connectivity index (χ3v) is 5.97. The molecule has 8 heteroatoms. The zero-order chi connectivity index (χ0) is 24.0. The van der Waals surface area contributed by atoms with E-state index >= 15 is 0 Å². The first-order chi connectivity index (χ1) is 15.7.